The highest BCUT2D eigenvalue weighted by molar-refractivity contribution is 6.31. The van der Waals surface area contributed by atoms with Crippen molar-refractivity contribution in [1.82, 2.24) is 0 Å². The molecule has 0 bridgehead atoms. The Morgan fingerprint density at radius 2 is 2.21 bits per heavy atom. The summed E-state index contributed by atoms with van der Waals surface area (Å²) < 4.78 is 0. The van der Waals surface area contributed by atoms with Crippen molar-refractivity contribution in [3.05, 3.63) is 28.8 Å². The standard InChI is InChI=1S/C9H10ClNO3/c10-5-2-1-3-7(12)9(5)6(11)4-8(13)14/h1-3,6,12H,4,11H2,(H,13,14). The normalized spacial score (nSPS) is 12.4. The highest BCUT2D eigenvalue weighted by atomic mass is 35.5. The molecule has 0 aromatic heterocycles. The average Bonchev–Trinajstić information content (AvgIpc) is 2.01. The van der Waals surface area contributed by atoms with Crippen LogP contribution in [0.25, 0.3) is 0 Å². The van der Waals surface area contributed by atoms with E-state index in [1.165, 1.54) is 6.07 Å². The van der Waals surface area contributed by atoms with Crippen molar-refractivity contribution in [1.29, 1.82) is 0 Å². The zero-order chi connectivity index (χ0) is 10.7. The number of hydrogen-bond donors (Lipinski definition) is 3. The van der Waals surface area contributed by atoms with E-state index in [0.717, 1.165) is 0 Å². The third-order valence-corrected chi connectivity index (χ3v) is 2.12. The summed E-state index contributed by atoms with van der Waals surface area (Å²) in [6, 6.07) is 3.75. The van der Waals surface area contributed by atoms with E-state index in [-0.39, 0.29) is 22.8 Å². The summed E-state index contributed by atoms with van der Waals surface area (Å²) in [5, 5.41) is 18.2. The fourth-order valence-electron chi connectivity index (χ4n) is 1.18. The Morgan fingerprint density at radius 3 is 2.71 bits per heavy atom. The van der Waals surface area contributed by atoms with Crippen LogP contribution in [0.3, 0.4) is 0 Å². The molecule has 0 aliphatic heterocycles. The highest BCUT2D eigenvalue weighted by Crippen LogP contribution is 2.31. The number of phenolic OH excluding ortho intramolecular Hbond substituents is 1. The van der Waals surface area contributed by atoms with Gasteiger partial charge >= 0.3 is 5.97 Å². The van der Waals surface area contributed by atoms with Crippen LogP contribution in [0.2, 0.25) is 5.02 Å². The Kier molecular flexibility index (Phi) is 3.33. The van der Waals surface area contributed by atoms with Crippen LogP contribution in [0, 0.1) is 0 Å². The molecule has 5 heteroatoms. The maximum atomic E-state index is 10.4. The molecule has 76 valence electrons. The van der Waals surface area contributed by atoms with Crippen molar-refractivity contribution >= 4 is 17.6 Å². The van der Waals surface area contributed by atoms with Gasteiger partial charge in [0.15, 0.2) is 0 Å². The summed E-state index contributed by atoms with van der Waals surface area (Å²) >= 11 is 5.77. The van der Waals surface area contributed by atoms with Gasteiger partial charge in [-0.25, -0.2) is 0 Å². The molecule has 0 spiro atoms. The summed E-state index contributed by atoms with van der Waals surface area (Å²) in [5.74, 6) is -1.11. The first-order valence-electron chi connectivity index (χ1n) is 3.97. The van der Waals surface area contributed by atoms with E-state index in [4.69, 9.17) is 22.4 Å². The number of benzene rings is 1. The molecule has 0 saturated carbocycles. The van der Waals surface area contributed by atoms with Crippen LogP contribution >= 0.6 is 11.6 Å². The van der Waals surface area contributed by atoms with Gasteiger partial charge in [0, 0.05) is 16.6 Å². The van der Waals surface area contributed by atoms with E-state index in [1.54, 1.807) is 12.1 Å². The average molecular weight is 216 g/mol. The van der Waals surface area contributed by atoms with E-state index in [2.05, 4.69) is 0 Å². The van der Waals surface area contributed by atoms with Crippen molar-refractivity contribution in [2.45, 2.75) is 12.5 Å². The number of carboxylic acids is 1. The molecule has 1 aromatic rings. The van der Waals surface area contributed by atoms with Gasteiger partial charge in [0.2, 0.25) is 0 Å². The smallest absolute Gasteiger partial charge is 0.305 e. The number of aromatic hydroxyl groups is 1. The maximum Gasteiger partial charge on any atom is 0.305 e. The van der Waals surface area contributed by atoms with Gasteiger partial charge in [-0.05, 0) is 12.1 Å². The second-order valence-corrected chi connectivity index (χ2v) is 3.28. The molecule has 1 aromatic carbocycles. The van der Waals surface area contributed by atoms with Crippen molar-refractivity contribution in [2.24, 2.45) is 5.73 Å². The monoisotopic (exact) mass is 215 g/mol. The van der Waals surface area contributed by atoms with Gasteiger partial charge in [-0.1, -0.05) is 17.7 Å². The molecule has 4 N–H and O–H groups in total. The Morgan fingerprint density at radius 1 is 1.57 bits per heavy atom. The Bertz CT molecular complexity index is 334. The summed E-state index contributed by atoms with van der Waals surface area (Å²) in [5.41, 5.74) is 5.85. The fraction of sp³-hybridized carbons (Fsp3) is 0.222. The van der Waals surface area contributed by atoms with Crippen LogP contribution in [0.4, 0.5) is 0 Å². The van der Waals surface area contributed by atoms with Crippen LogP contribution < -0.4 is 5.73 Å². The molecule has 4 nitrogen and oxygen atoms in total. The number of phenols is 1. The lowest BCUT2D eigenvalue weighted by atomic mass is 10.0. The number of rotatable bonds is 3. The maximum absolute atomic E-state index is 10.4. The number of carbonyl (C=O) groups is 1. The van der Waals surface area contributed by atoms with E-state index in [9.17, 15) is 9.90 Å². The number of carboxylic acid groups (broad SMARTS) is 1. The molecule has 0 fully saturated rings. The minimum Gasteiger partial charge on any atom is -0.508 e. The van der Waals surface area contributed by atoms with E-state index < -0.39 is 12.0 Å². The SMILES string of the molecule is NC(CC(=O)O)c1c(O)cccc1Cl. The quantitative estimate of drug-likeness (QED) is 0.714. The molecule has 1 unspecified atom stereocenters. The predicted molar refractivity (Wildman–Crippen MR) is 52.3 cm³/mol. The largest absolute Gasteiger partial charge is 0.508 e. The van der Waals surface area contributed by atoms with Gasteiger partial charge in [-0.2, -0.15) is 0 Å². The summed E-state index contributed by atoms with van der Waals surface area (Å²) in [7, 11) is 0. The van der Waals surface area contributed by atoms with Gasteiger partial charge < -0.3 is 15.9 Å². The third kappa shape index (κ3) is 2.37. The zero-order valence-corrected chi connectivity index (χ0v) is 8.03. The molecular weight excluding hydrogens is 206 g/mol. The summed E-state index contributed by atoms with van der Waals surface area (Å²) in [6.45, 7) is 0. The molecule has 1 rings (SSSR count). The number of hydrogen-bond acceptors (Lipinski definition) is 3. The van der Waals surface area contributed by atoms with E-state index in [0.29, 0.717) is 0 Å². The lowest BCUT2D eigenvalue weighted by Gasteiger charge is -2.12. The topological polar surface area (TPSA) is 83.6 Å². The van der Waals surface area contributed by atoms with E-state index >= 15 is 0 Å². The Balaban J connectivity index is 2.99. The molecule has 0 heterocycles. The molecule has 1 atom stereocenters. The van der Waals surface area contributed by atoms with Gasteiger partial charge in [0.1, 0.15) is 5.75 Å². The summed E-state index contributed by atoms with van der Waals surface area (Å²) in [4.78, 5) is 10.4. The highest BCUT2D eigenvalue weighted by Gasteiger charge is 2.17. The fourth-order valence-corrected chi connectivity index (χ4v) is 1.49. The molecule has 0 saturated heterocycles. The Labute approximate surface area is 85.9 Å². The van der Waals surface area contributed by atoms with E-state index in [1.807, 2.05) is 0 Å². The molecule has 0 amide bonds. The number of nitrogens with two attached hydrogens (primary N) is 1. The first-order valence-corrected chi connectivity index (χ1v) is 4.35. The molecular formula is C9H10ClNO3. The number of aliphatic carboxylic acids is 1. The van der Waals surface area contributed by atoms with Crippen molar-refractivity contribution in [3.63, 3.8) is 0 Å². The van der Waals surface area contributed by atoms with Crippen molar-refractivity contribution in [3.8, 4) is 5.75 Å². The van der Waals surface area contributed by atoms with Gasteiger partial charge in [-0.15, -0.1) is 0 Å². The number of halogens is 1. The molecule has 0 radical (unpaired) electrons. The second-order valence-electron chi connectivity index (χ2n) is 2.88. The van der Waals surface area contributed by atoms with Crippen LogP contribution in [0.1, 0.15) is 18.0 Å². The van der Waals surface area contributed by atoms with Crippen LogP contribution in [-0.4, -0.2) is 16.2 Å². The van der Waals surface area contributed by atoms with Gasteiger partial charge in [0.05, 0.1) is 6.42 Å². The molecule has 14 heavy (non-hydrogen) atoms. The first kappa shape index (κ1) is 10.8. The second kappa shape index (κ2) is 4.30. The minimum absolute atomic E-state index is 0.0775. The van der Waals surface area contributed by atoms with Crippen LogP contribution in [-0.2, 0) is 4.79 Å². The van der Waals surface area contributed by atoms with Crippen molar-refractivity contribution < 1.29 is 15.0 Å². The third-order valence-electron chi connectivity index (χ3n) is 1.80. The summed E-state index contributed by atoms with van der Waals surface area (Å²) in [6.07, 6.45) is -0.267. The van der Waals surface area contributed by atoms with Gasteiger partial charge in [-0.3, -0.25) is 4.79 Å². The van der Waals surface area contributed by atoms with Crippen LogP contribution in [0.15, 0.2) is 18.2 Å². The minimum atomic E-state index is -1.03. The zero-order valence-electron chi connectivity index (χ0n) is 7.27. The lowest BCUT2D eigenvalue weighted by Crippen LogP contribution is -2.15. The van der Waals surface area contributed by atoms with Gasteiger partial charge in [0.25, 0.3) is 0 Å². The lowest BCUT2D eigenvalue weighted by molar-refractivity contribution is -0.137. The van der Waals surface area contributed by atoms with Crippen LogP contribution in [0.5, 0.6) is 5.75 Å². The first-order chi connectivity index (χ1) is 6.52. The molecule has 0 aliphatic carbocycles. The molecule has 0 aliphatic rings. The van der Waals surface area contributed by atoms with Crippen molar-refractivity contribution in [2.75, 3.05) is 0 Å². The predicted octanol–water partition coefficient (Wildman–Crippen LogP) is 1.52. The Hall–Kier alpha value is -1.26.